The summed E-state index contributed by atoms with van der Waals surface area (Å²) in [5.74, 6) is 2.51. The maximum Gasteiger partial charge on any atom is 0.139 e. The van der Waals surface area contributed by atoms with Crippen molar-refractivity contribution in [3.05, 3.63) is 58.2 Å². The van der Waals surface area contributed by atoms with E-state index in [0.29, 0.717) is 17.6 Å². The number of Topliss-reactive ketones (excluding diaryl/α,β-unsaturated/α-hetero) is 1. The van der Waals surface area contributed by atoms with Gasteiger partial charge in [0, 0.05) is 11.8 Å². The predicted molar refractivity (Wildman–Crippen MR) is 122 cm³/mol. The van der Waals surface area contributed by atoms with Gasteiger partial charge in [-0.3, -0.25) is 4.79 Å². The third-order valence-electron chi connectivity index (χ3n) is 8.17. The molecule has 1 aromatic carbocycles. The number of benzene rings is 1. The Labute approximate surface area is 181 Å². The van der Waals surface area contributed by atoms with Crippen molar-refractivity contribution < 1.29 is 9.53 Å². The van der Waals surface area contributed by atoms with Crippen LogP contribution in [0.15, 0.2) is 52.6 Å². The molecule has 0 spiro atoms. The molecule has 0 heterocycles. The lowest BCUT2D eigenvalue weighted by Gasteiger charge is -2.47. The van der Waals surface area contributed by atoms with Crippen LogP contribution in [0.3, 0.4) is 0 Å². The highest BCUT2D eigenvalue weighted by atomic mass is 16.5. The molecule has 1 aromatic rings. The molecular weight excluding hydrogens is 368 g/mol. The first-order valence-corrected chi connectivity index (χ1v) is 11.9. The molecule has 4 aliphatic carbocycles. The van der Waals surface area contributed by atoms with E-state index in [9.17, 15) is 4.79 Å². The average Bonchev–Trinajstić information content (AvgIpc) is 3.06. The Bertz CT molecular complexity index is 959. The summed E-state index contributed by atoms with van der Waals surface area (Å²) in [4.78, 5) is 13.0. The molecule has 0 aromatic heterocycles. The van der Waals surface area contributed by atoms with Gasteiger partial charge in [-0.25, -0.2) is 0 Å². The Hall–Kier alpha value is -2.09. The minimum atomic E-state index is -0.181. The number of carbonyl (C=O) groups is 1. The molecule has 4 aliphatic rings. The maximum atomic E-state index is 13.0. The quantitative estimate of drug-likeness (QED) is 0.538. The smallest absolute Gasteiger partial charge is 0.139 e. The van der Waals surface area contributed by atoms with Crippen LogP contribution in [0.5, 0.6) is 5.75 Å². The number of carbonyl (C=O) groups excluding carboxylic acids is 1. The van der Waals surface area contributed by atoms with Gasteiger partial charge in [-0.15, -0.1) is 0 Å². The molecule has 1 fully saturated rings. The van der Waals surface area contributed by atoms with Crippen molar-refractivity contribution in [3.8, 4) is 5.75 Å². The Morgan fingerprint density at radius 3 is 2.60 bits per heavy atom. The van der Waals surface area contributed by atoms with Crippen molar-refractivity contribution in [2.75, 3.05) is 6.61 Å². The van der Waals surface area contributed by atoms with Crippen LogP contribution in [0, 0.1) is 17.3 Å². The monoisotopic (exact) mass is 402 g/mol. The fourth-order valence-corrected chi connectivity index (χ4v) is 6.62. The van der Waals surface area contributed by atoms with Gasteiger partial charge in [0.1, 0.15) is 11.5 Å². The van der Waals surface area contributed by atoms with Crippen LogP contribution in [0.1, 0.15) is 77.7 Å². The fraction of sp³-hybridized carbons (Fsp3) is 0.536. The summed E-state index contributed by atoms with van der Waals surface area (Å²) in [7, 11) is 0. The molecule has 0 aliphatic heterocycles. The van der Waals surface area contributed by atoms with E-state index in [0.717, 1.165) is 38.0 Å². The summed E-state index contributed by atoms with van der Waals surface area (Å²) in [6.45, 7) is 7.42. The van der Waals surface area contributed by atoms with Crippen molar-refractivity contribution in [2.45, 2.75) is 72.1 Å². The molecule has 0 amide bonds. The molecule has 0 bridgehead atoms. The Morgan fingerprint density at radius 1 is 1.03 bits per heavy atom. The maximum absolute atomic E-state index is 13.0. The van der Waals surface area contributed by atoms with Crippen LogP contribution in [0.25, 0.3) is 5.57 Å². The molecule has 158 valence electrons. The highest BCUT2D eigenvalue weighted by Gasteiger charge is 2.54. The second-order valence-corrected chi connectivity index (χ2v) is 10.1. The van der Waals surface area contributed by atoms with E-state index < -0.39 is 0 Å². The van der Waals surface area contributed by atoms with E-state index in [2.05, 4.69) is 51.1 Å². The molecule has 1 saturated carbocycles. The lowest BCUT2D eigenvalue weighted by atomic mass is 9.56. The van der Waals surface area contributed by atoms with Crippen LogP contribution < -0.4 is 4.74 Å². The highest BCUT2D eigenvalue weighted by molar-refractivity contribution is 5.91. The lowest BCUT2D eigenvalue weighted by molar-refractivity contribution is -0.126. The number of hydrogen-bond donors (Lipinski definition) is 0. The fourth-order valence-electron chi connectivity index (χ4n) is 6.62. The van der Waals surface area contributed by atoms with Crippen LogP contribution >= 0.6 is 0 Å². The highest BCUT2D eigenvalue weighted by Crippen LogP contribution is 2.61. The zero-order chi connectivity index (χ0) is 20.9. The van der Waals surface area contributed by atoms with E-state index in [1.807, 2.05) is 0 Å². The summed E-state index contributed by atoms with van der Waals surface area (Å²) >= 11 is 0. The topological polar surface area (TPSA) is 26.3 Å². The second-order valence-electron chi connectivity index (χ2n) is 10.1. The van der Waals surface area contributed by atoms with E-state index >= 15 is 0 Å². The van der Waals surface area contributed by atoms with Crippen LogP contribution in [0.4, 0.5) is 0 Å². The zero-order valence-corrected chi connectivity index (χ0v) is 18.7. The van der Waals surface area contributed by atoms with Crippen LogP contribution in [-0.4, -0.2) is 12.4 Å². The molecule has 2 heteroatoms. The van der Waals surface area contributed by atoms with E-state index in [-0.39, 0.29) is 5.41 Å². The first-order valence-electron chi connectivity index (χ1n) is 11.9. The standard InChI is InChI=1S/C28H34O2/c1-4-15-30-21-9-6-19(7-10-21)24-17-28(3)25(13-14-26(28)29)23-12-8-20-16-18(2)5-11-22(20)27(23)24/h6-7,9-10,16,23,25H,4-5,8,11-15,17H2,1-3H3/t23?,25?,28-/m0/s1. The lowest BCUT2D eigenvalue weighted by Crippen LogP contribution is -2.40. The number of fused-ring (bicyclic) bond motifs is 4. The van der Waals surface area contributed by atoms with Crippen LogP contribution in [0.2, 0.25) is 0 Å². The minimum absolute atomic E-state index is 0.181. The third kappa shape index (κ3) is 3.11. The van der Waals surface area contributed by atoms with Gasteiger partial charge < -0.3 is 4.74 Å². The molecule has 0 N–H and O–H groups in total. The summed E-state index contributed by atoms with van der Waals surface area (Å²) in [5, 5.41) is 0. The molecule has 30 heavy (non-hydrogen) atoms. The second kappa shape index (κ2) is 7.55. The van der Waals surface area contributed by atoms with Gasteiger partial charge in [0.2, 0.25) is 0 Å². The van der Waals surface area contributed by atoms with Gasteiger partial charge in [-0.05, 0) is 104 Å². The van der Waals surface area contributed by atoms with Gasteiger partial charge in [-0.2, -0.15) is 0 Å². The number of hydrogen-bond acceptors (Lipinski definition) is 2. The number of ether oxygens (including phenoxy) is 1. The molecule has 2 nitrogen and oxygen atoms in total. The Morgan fingerprint density at radius 2 is 1.83 bits per heavy atom. The molecule has 0 saturated heterocycles. The van der Waals surface area contributed by atoms with E-state index in [4.69, 9.17) is 4.74 Å². The van der Waals surface area contributed by atoms with Crippen molar-refractivity contribution in [3.63, 3.8) is 0 Å². The molecule has 0 radical (unpaired) electrons. The number of allylic oxidation sites excluding steroid dienone is 6. The van der Waals surface area contributed by atoms with Gasteiger partial charge in [-0.1, -0.05) is 37.6 Å². The van der Waals surface area contributed by atoms with Crippen molar-refractivity contribution in [1.82, 2.24) is 0 Å². The van der Waals surface area contributed by atoms with Crippen molar-refractivity contribution in [1.29, 1.82) is 0 Å². The molecule has 3 atom stereocenters. The Balaban J connectivity index is 1.63. The average molecular weight is 403 g/mol. The summed E-state index contributed by atoms with van der Waals surface area (Å²) in [6.07, 6.45) is 10.9. The van der Waals surface area contributed by atoms with Gasteiger partial charge in [0.15, 0.2) is 0 Å². The zero-order valence-electron chi connectivity index (χ0n) is 18.7. The van der Waals surface area contributed by atoms with E-state index in [1.54, 1.807) is 16.7 Å². The number of rotatable bonds is 4. The van der Waals surface area contributed by atoms with Gasteiger partial charge in [0.25, 0.3) is 0 Å². The molecular formula is C28H34O2. The SMILES string of the molecule is CCCOc1ccc(C2=C3C4=C(C=C(C)CC4)CCC3C3CCC(=O)[C@@]3(C)C2)cc1. The van der Waals surface area contributed by atoms with Crippen molar-refractivity contribution >= 4 is 11.4 Å². The van der Waals surface area contributed by atoms with Gasteiger partial charge in [0.05, 0.1) is 6.61 Å². The third-order valence-corrected chi connectivity index (χ3v) is 8.17. The first kappa shape index (κ1) is 19.8. The van der Waals surface area contributed by atoms with Crippen LogP contribution in [-0.2, 0) is 4.79 Å². The van der Waals surface area contributed by atoms with Crippen molar-refractivity contribution in [2.24, 2.45) is 17.3 Å². The minimum Gasteiger partial charge on any atom is -0.494 e. The summed E-state index contributed by atoms with van der Waals surface area (Å²) in [6, 6.07) is 8.68. The summed E-state index contributed by atoms with van der Waals surface area (Å²) in [5.41, 5.74) is 8.86. The normalized spacial score (nSPS) is 30.6. The molecule has 5 rings (SSSR count). The predicted octanol–water partition coefficient (Wildman–Crippen LogP) is 7.06. The Kier molecular flexibility index (Phi) is 5.00. The largest absolute Gasteiger partial charge is 0.494 e. The van der Waals surface area contributed by atoms with E-state index in [1.165, 1.54) is 42.4 Å². The number of ketones is 1. The van der Waals surface area contributed by atoms with Gasteiger partial charge >= 0.3 is 0 Å². The first-order chi connectivity index (χ1) is 14.5. The molecule has 2 unspecified atom stereocenters. The summed E-state index contributed by atoms with van der Waals surface area (Å²) < 4.78 is 5.82.